The number of nitrogens with zero attached hydrogens (tertiary/aromatic N) is 5. The van der Waals surface area contributed by atoms with Gasteiger partial charge in [0.25, 0.3) is 15.9 Å². The standard InChI is InChI=1S/C37H41F3N6O6S2/c1-36(2,3)17-19-45(54(50,51)30-22-44-20-18-42-29(44)21-43-30)26(23-47)27-15-16-28(53-27)33(37(38,39)40)46(35(49)52-4)34(48)32(41)31(24-11-7-5-8-12-24)25-13-9-6-10-14-25/h5-16,18,20-22,26,31-33,47H,17,19,23,41H2,1-4H3/t26-,32+,33-/m1/s1. The molecule has 0 fully saturated rings. The number of aliphatic hydroxyl groups is 1. The van der Waals surface area contributed by atoms with Crippen LogP contribution in [0.3, 0.4) is 0 Å². The Kier molecular flexibility index (Phi) is 12.3. The van der Waals surface area contributed by atoms with Crippen LogP contribution in [0.4, 0.5) is 18.0 Å². The normalized spacial score (nSPS) is 14.3. The number of hydrogen-bond donors (Lipinski definition) is 2. The molecule has 0 saturated carbocycles. The summed E-state index contributed by atoms with van der Waals surface area (Å²) in [5, 5.41) is 10.3. The molecule has 0 unspecified atom stereocenters. The Morgan fingerprint density at radius 1 is 0.963 bits per heavy atom. The first kappa shape index (κ1) is 40.5. The highest BCUT2D eigenvalue weighted by atomic mass is 32.2. The molecule has 3 aromatic heterocycles. The van der Waals surface area contributed by atoms with Crippen molar-refractivity contribution in [2.45, 2.75) is 62.4 Å². The first-order valence-corrected chi connectivity index (χ1v) is 19.1. The predicted octanol–water partition coefficient (Wildman–Crippen LogP) is 6.31. The van der Waals surface area contributed by atoms with Crippen molar-refractivity contribution in [3.05, 3.63) is 118 Å². The Morgan fingerprint density at radius 3 is 2.09 bits per heavy atom. The van der Waals surface area contributed by atoms with Gasteiger partial charge in [-0.05, 0) is 35.1 Å². The van der Waals surface area contributed by atoms with Crippen LogP contribution in [0.15, 0.2) is 103 Å². The molecule has 3 atom stereocenters. The molecule has 0 radical (unpaired) electrons. The van der Waals surface area contributed by atoms with E-state index in [9.17, 15) is 23.1 Å². The maximum Gasteiger partial charge on any atom is 0.417 e. The fourth-order valence-corrected chi connectivity index (χ4v) is 8.87. The van der Waals surface area contributed by atoms with E-state index in [1.165, 1.54) is 35.3 Å². The van der Waals surface area contributed by atoms with E-state index in [-0.39, 0.29) is 26.8 Å². The molecule has 54 heavy (non-hydrogen) atoms. The molecule has 17 heteroatoms. The number of fused-ring (bicyclic) bond motifs is 1. The lowest BCUT2D eigenvalue weighted by Gasteiger charge is -2.34. The van der Waals surface area contributed by atoms with Crippen molar-refractivity contribution in [2.24, 2.45) is 11.1 Å². The lowest BCUT2D eigenvalue weighted by atomic mass is 9.84. The highest BCUT2D eigenvalue weighted by Gasteiger charge is 2.52. The quantitative estimate of drug-likeness (QED) is 0.139. The van der Waals surface area contributed by atoms with Gasteiger partial charge in [0.05, 0.1) is 32.0 Å². The third kappa shape index (κ3) is 8.81. The summed E-state index contributed by atoms with van der Waals surface area (Å²) in [7, 11) is -3.62. The van der Waals surface area contributed by atoms with Crippen molar-refractivity contribution in [1.29, 1.82) is 0 Å². The van der Waals surface area contributed by atoms with E-state index in [1.54, 1.807) is 60.7 Å². The molecule has 0 aliphatic rings. The van der Waals surface area contributed by atoms with E-state index in [4.69, 9.17) is 10.5 Å². The van der Waals surface area contributed by atoms with Gasteiger partial charge in [-0.15, -0.1) is 11.3 Å². The molecule has 3 N–H and O–H groups in total. The zero-order chi connectivity index (χ0) is 39.4. The van der Waals surface area contributed by atoms with Crippen molar-refractivity contribution in [3.8, 4) is 0 Å². The van der Waals surface area contributed by atoms with Crippen molar-refractivity contribution >= 4 is 39.0 Å². The van der Waals surface area contributed by atoms with Gasteiger partial charge in [-0.2, -0.15) is 17.5 Å². The molecule has 0 aliphatic heterocycles. The van der Waals surface area contributed by atoms with Crippen LogP contribution in [0.2, 0.25) is 0 Å². The second kappa shape index (κ2) is 16.4. The summed E-state index contributed by atoms with van der Waals surface area (Å²) in [5.41, 5.74) is 7.57. The van der Waals surface area contributed by atoms with Crippen molar-refractivity contribution in [1.82, 2.24) is 23.6 Å². The number of amides is 2. The number of carbonyl (C=O) groups is 2. The third-order valence-electron chi connectivity index (χ3n) is 8.82. The minimum atomic E-state index is -5.24. The summed E-state index contributed by atoms with van der Waals surface area (Å²) in [5.74, 6) is -2.30. The number of imide groups is 1. The van der Waals surface area contributed by atoms with E-state index in [0.717, 1.165) is 17.5 Å². The van der Waals surface area contributed by atoms with E-state index in [1.807, 2.05) is 20.8 Å². The molecule has 3 heterocycles. The number of thiophene rings is 1. The number of carbonyl (C=O) groups excluding carboxylic acids is 2. The van der Waals surface area contributed by atoms with Gasteiger partial charge in [0.1, 0.15) is 0 Å². The number of hydrogen-bond acceptors (Lipinski definition) is 10. The maximum atomic E-state index is 15.2. The third-order valence-corrected chi connectivity index (χ3v) is 11.8. The van der Waals surface area contributed by atoms with Crippen molar-refractivity contribution in [3.63, 3.8) is 0 Å². The number of nitrogens with two attached hydrogens (primary N) is 1. The Balaban J connectivity index is 1.57. The maximum absolute atomic E-state index is 15.2. The topological polar surface area (TPSA) is 160 Å². The minimum absolute atomic E-state index is 0.0240. The molecule has 0 aliphatic carbocycles. The van der Waals surface area contributed by atoms with E-state index in [0.29, 0.717) is 34.5 Å². The van der Waals surface area contributed by atoms with E-state index < -0.39 is 63.7 Å². The second-order valence-electron chi connectivity index (χ2n) is 13.7. The predicted molar refractivity (Wildman–Crippen MR) is 196 cm³/mol. The van der Waals surface area contributed by atoms with Gasteiger partial charge in [0.2, 0.25) is 0 Å². The van der Waals surface area contributed by atoms with Crippen LogP contribution in [-0.4, -0.2) is 81.6 Å². The van der Waals surface area contributed by atoms with Gasteiger partial charge in [-0.25, -0.2) is 28.1 Å². The van der Waals surface area contributed by atoms with Gasteiger partial charge in [-0.3, -0.25) is 4.79 Å². The number of methoxy groups -OCH3 is 1. The van der Waals surface area contributed by atoms with Gasteiger partial charge in [0.15, 0.2) is 16.7 Å². The number of imidazole rings is 1. The summed E-state index contributed by atoms with van der Waals surface area (Å²) in [6.07, 6.45) is -1.00. The molecule has 2 amide bonds. The van der Waals surface area contributed by atoms with Gasteiger partial charge < -0.3 is 20.0 Å². The lowest BCUT2D eigenvalue weighted by molar-refractivity contribution is -0.186. The highest BCUT2D eigenvalue weighted by molar-refractivity contribution is 7.89. The molecule has 5 rings (SSSR count). The van der Waals surface area contributed by atoms with E-state index >= 15 is 13.2 Å². The van der Waals surface area contributed by atoms with Crippen LogP contribution in [0.25, 0.3) is 5.65 Å². The largest absolute Gasteiger partial charge is 0.452 e. The molecule has 288 valence electrons. The van der Waals surface area contributed by atoms with Crippen LogP contribution in [0, 0.1) is 5.41 Å². The summed E-state index contributed by atoms with van der Waals surface area (Å²) < 4.78 is 81.3. The Hall–Kier alpha value is -4.68. The van der Waals surface area contributed by atoms with Gasteiger partial charge in [0, 0.05) is 40.8 Å². The van der Waals surface area contributed by atoms with Crippen molar-refractivity contribution in [2.75, 3.05) is 20.3 Å². The van der Waals surface area contributed by atoms with Crippen LogP contribution in [0.1, 0.15) is 66.1 Å². The average Bonchev–Trinajstić information content (AvgIpc) is 3.81. The molecule has 2 aromatic carbocycles. The Morgan fingerprint density at radius 2 is 1.56 bits per heavy atom. The van der Waals surface area contributed by atoms with E-state index in [2.05, 4.69) is 9.97 Å². The summed E-state index contributed by atoms with van der Waals surface area (Å²) in [6, 6.07) is 13.3. The first-order valence-electron chi connectivity index (χ1n) is 16.8. The summed E-state index contributed by atoms with van der Waals surface area (Å²) in [4.78, 5) is 35.1. The number of benzene rings is 2. The molecule has 0 bridgehead atoms. The van der Waals surface area contributed by atoms with Crippen LogP contribution >= 0.6 is 11.3 Å². The fraction of sp³-hybridized carbons (Fsp3) is 0.351. The number of aromatic nitrogens is 3. The first-order chi connectivity index (χ1) is 25.5. The Labute approximate surface area is 315 Å². The number of ether oxygens (including phenoxy) is 1. The van der Waals surface area contributed by atoms with Gasteiger partial charge in [-0.1, -0.05) is 81.4 Å². The van der Waals surface area contributed by atoms with Crippen molar-refractivity contribution < 1.29 is 41.0 Å². The number of sulfonamides is 1. The molecule has 12 nitrogen and oxygen atoms in total. The fourth-order valence-electron chi connectivity index (χ4n) is 6.05. The number of rotatable bonds is 13. The summed E-state index contributed by atoms with van der Waals surface area (Å²) in [6.45, 7) is 4.73. The lowest BCUT2D eigenvalue weighted by Crippen LogP contribution is -2.53. The van der Waals surface area contributed by atoms with Gasteiger partial charge >= 0.3 is 12.3 Å². The number of halogens is 3. The summed E-state index contributed by atoms with van der Waals surface area (Å²) >= 11 is 0.500. The minimum Gasteiger partial charge on any atom is -0.452 e. The molecule has 5 aromatic rings. The van der Waals surface area contributed by atoms with Crippen LogP contribution < -0.4 is 5.73 Å². The smallest absolute Gasteiger partial charge is 0.417 e. The Bertz CT molecular complexity index is 2120. The molecule has 0 saturated heterocycles. The number of aliphatic hydroxyl groups excluding tert-OH is 1. The SMILES string of the molecule is COC(=O)N(C(=O)[C@@H](N)C(c1ccccc1)c1ccccc1)[C@H](c1ccc([C@@H](CO)N(CCC(C)(C)C)S(=O)(=O)c2cn3ccnc3cn2)s1)C(F)(F)F. The molecular weight excluding hydrogens is 746 g/mol. The number of alkyl halides is 3. The molecular formula is C37H41F3N6O6S2. The van der Waals surface area contributed by atoms with Crippen LogP contribution in [-0.2, 0) is 19.6 Å². The molecule has 0 spiro atoms. The van der Waals surface area contributed by atoms with Crippen LogP contribution in [0.5, 0.6) is 0 Å². The second-order valence-corrected chi connectivity index (χ2v) is 16.7. The highest BCUT2D eigenvalue weighted by Crippen LogP contribution is 2.44. The zero-order valence-corrected chi connectivity index (χ0v) is 31.6. The monoisotopic (exact) mass is 786 g/mol. The zero-order valence-electron chi connectivity index (χ0n) is 29.9. The average molecular weight is 787 g/mol.